The molecule has 0 amide bonds. The molecule has 2 heterocycles. The molecular formula is C15H9F2NO4. The molecule has 22 heavy (non-hydrogen) atoms. The van der Waals surface area contributed by atoms with Gasteiger partial charge in [0, 0.05) is 6.07 Å². The third kappa shape index (κ3) is 2.88. The van der Waals surface area contributed by atoms with Crippen LogP contribution in [0.3, 0.4) is 0 Å². The van der Waals surface area contributed by atoms with Crippen LogP contribution < -0.4 is 0 Å². The zero-order valence-corrected chi connectivity index (χ0v) is 11.1. The number of hydrogen-bond donors (Lipinski definition) is 0. The van der Waals surface area contributed by atoms with Gasteiger partial charge >= 0.3 is 5.97 Å². The lowest BCUT2D eigenvalue weighted by molar-refractivity contribution is 0.0463. The van der Waals surface area contributed by atoms with Crippen LogP contribution in [0, 0.1) is 11.6 Å². The predicted octanol–water partition coefficient (Wildman–Crippen LogP) is 3.57. The van der Waals surface area contributed by atoms with E-state index < -0.39 is 17.6 Å². The SMILES string of the molecule is O=C(OCc1cc(-c2ccco2)on1)c1ccc(F)c(F)c1. The molecule has 7 heteroatoms. The molecule has 1 aromatic carbocycles. The van der Waals surface area contributed by atoms with Gasteiger partial charge in [-0.1, -0.05) is 5.16 Å². The van der Waals surface area contributed by atoms with Crippen LogP contribution in [-0.4, -0.2) is 11.1 Å². The molecule has 0 radical (unpaired) electrons. The van der Waals surface area contributed by atoms with E-state index in [1.165, 1.54) is 6.26 Å². The molecule has 0 bridgehead atoms. The first-order valence-corrected chi connectivity index (χ1v) is 6.25. The highest BCUT2D eigenvalue weighted by atomic mass is 19.2. The number of aromatic nitrogens is 1. The highest BCUT2D eigenvalue weighted by Gasteiger charge is 2.14. The third-order valence-corrected chi connectivity index (χ3v) is 2.83. The summed E-state index contributed by atoms with van der Waals surface area (Å²) in [6.07, 6.45) is 1.49. The first-order valence-electron chi connectivity index (χ1n) is 6.25. The zero-order valence-electron chi connectivity index (χ0n) is 11.1. The van der Waals surface area contributed by atoms with E-state index in [-0.39, 0.29) is 12.2 Å². The van der Waals surface area contributed by atoms with E-state index in [1.54, 1.807) is 18.2 Å². The quantitative estimate of drug-likeness (QED) is 0.689. The lowest BCUT2D eigenvalue weighted by atomic mass is 10.2. The van der Waals surface area contributed by atoms with Gasteiger partial charge in [0.15, 0.2) is 17.4 Å². The highest BCUT2D eigenvalue weighted by Crippen LogP contribution is 2.21. The van der Waals surface area contributed by atoms with E-state index in [9.17, 15) is 13.6 Å². The molecule has 2 aromatic heterocycles. The Hall–Kier alpha value is -2.96. The van der Waals surface area contributed by atoms with Crippen molar-refractivity contribution in [1.29, 1.82) is 0 Å². The molecule has 0 N–H and O–H groups in total. The third-order valence-electron chi connectivity index (χ3n) is 2.83. The van der Waals surface area contributed by atoms with Gasteiger partial charge in [0.05, 0.1) is 11.8 Å². The fourth-order valence-corrected chi connectivity index (χ4v) is 1.76. The summed E-state index contributed by atoms with van der Waals surface area (Å²) in [6, 6.07) is 7.71. The predicted molar refractivity (Wildman–Crippen MR) is 69.7 cm³/mol. The summed E-state index contributed by atoms with van der Waals surface area (Å²) in [6.45, 7) is -0.165. The Labute approximate surface area is 123 Å². The molecule has 0 aliphatic carbocycles. The van der Waals surface area contributed by atoms with Gasteiger partial charge < -0.3 is 13.7 Å². The summed E-state index contributed by atoms with van der Waals surface area (Å²) < 4.78 is 41.0. The molecule has 0 spiro atoms. The summed E-state index contributed by atoms with van der Waals surface area (Å²) in [4.78, 5) is 11.7. The van der Waals surface area contributed by atoms with Crippen LogP contribution in [0.15, 0.2) is 51.6 Å². The minimum atomic E-state index is -1.11. The summed E-state index contributed by atoms with van der Waals surface area (Å²) in [5.41, 5.74) is 0.274. The molecule has 0 fully saturated rings. The zero-order chi connectivity index (χ0) is 15.5. The average Bonchev–Trinajstić information content (AvgIpc) is 3.18. The Kier molecular flexibility index (Phi) is 3.69. The molecule has 0 saturated heterocycles. The summed E-state index contributed by atoms with van der Waals surface area (Å²) in [5, 5.41) is 3.72. The van der Waals surface area contributed by atoms with E-state index in [4.69, 9.17) is 13.7 Å². The van der Waals surface area contributed by atoms with Crippen LogP contribution in [-0.2, 0) is 11.3 Å². The van der Waals surface area contributed by atoms with Crippen molar-refractivity contribution in [2.75, 3.05) is 0 Å². The van der Waals surface area contributed by atoms with Crippen molar-refractivity contribution in [2.45, 2.75) is 6.61 Å². The molecule has 0 unspecified atom stereocenters. The Morgan fingerprint density at radius 3 is 2.73 bits per heavy atom. The van der Waals surface area contributed by atoms with Crippen LogP contribution in [0.2, 0.25) is 0 Å². The molecule has 0 atom stereocenters. The molecular weight excluding hydrogens is 296 g/mol. The number of esters is 1. The van der Waals surface area contributed by atoms with Crippen LogP contribution in [0.5, 0.6) is 0 Å². The minimum absolute atomic E-state index is 0.0892. The van der Waals surface area contributed by atoms with Gasteiger partial charge in [0.25, 0.3) is 0 Å². The minimum Gasteiger partial charge on any atom is -0.461 e. The monoisotopic (exact) mass is 305 g/mol. The van der Waals surface area contributed by atoms with E-state index in [0.29, 0.717) is 17.2 Å². The number of halogens is 2. The topological polar surface area (TPSA) is 65.5 Å². The highest BCUT2D eigenvalue weighted by molar-refractivity contribution is 5.89. The van der Waals surface area contributed by atoms with Gasteiger partial charge in [-0.25, -0.2) is 13.6 Å². The lowest BCUT2D eigenvalue weighted by Crippen LogP contribution is -2.06. The summed E-state index contributed by atoms with van der Waals surface area (Å²) >= 11 is 0. The van der Waals surface area contributed by atoms with E-state index in [2.05, 4.69) is 5.16 Å². The second-order valence-corrected chi connectivity index (χ2v) is 4.36. The van der Waals surface area contributed by atoms with Gasteiger partial charge in [-0.05, 0) is 30.3 Å². The number of benzene rings is 1. The molecule has 5 nitrogen and oxygen atoms in total. The van der Waals surface area contributed by atoms with Crippen LogP contribution in [0.4, 0.5) is 8.78 Å². The van der Waals surface area contributed by atoms with Crippen LogP contribution in [0.25, 0.3) is 11.5 Å². The van der Waals surface area contributed by atoms with Crippen molar-refractivity contribution in [3.8, 4) is 11.5 Å². The number of ether oxygens (including phenoxy) is 1. The van der Waals surface area contributed by atoms with Gasteiger partial charge in [-0.15, -0.1) is 0 Å². The first kappa shape index (κ1) is 14.0. The first-order chi connectivity index (χ1) is 10.6. The summed E-state index contributed by atoms with van der Waals surface area (Å²) in [7, 11) is 0. The van der Waals surface area contributed by atoms with Crippen molar-refractivity contribution in [3.63, 3.8) is 0 Å². The maximum Gasteiger partial charge on any atom is 0.338 e. The van der Waals surface area contributed by atoms with Crippen molar-refractivity contribution < 1.29 is 27.3 Å². The number of rotatable bonds is 4. The van der Waals surface area contributed by atoms with E-state index >= 15 is 0 Å². The largest absolute Gasteiger partial charge is 0.461 e. The standard InChI is InChI=1S/C15H9F2NO4/c16-11-4-3-9(6-12(11)17)15(19)21-8-10-7-14(22-18-10)13-2-1-5-20-13/h1-7H,8H2. The van der Waals surface area contributed by atoms with Crippen molar-refractivity contribution in [1.82, 2.24) is 5.16 Å². The van der Waals surface area contributed by atoms with E-state index in [1.807, 2.05) is 0 Å². The van der Waals surface area contributed by atoms with Crippen molar-refractivity contribution >= 4 is 5.97 Å². The van der Waals surface area contributed by atoms with E-state index in [0.717, 1.165) is 18.2 Å². The van der Waals surface area contributed by atoms with Crippen LogP contribution >= 0.6 is 0 Å². The number of nitrogens with zero attached hydrogens (tertiary/aromatic N) is 1. The number of carbonyl (C=O) groups is 1. The maximum absolute atomic E-state index is 13.0. The molecule has 112 valence electrons. The molecule has 3 aromatic rings. The number of furan rings is 1. The lowest BCUT2D eigenvalue weighted by Gasteiger charge is -2.02. The van der Waals surface area contributed by atoms with Gasteiger partial charge in [0.2, 0.25) is 5.76 Å². The Balaban J connectivity index is 1.65. The summed E-state index contributed by atoms with van der Waals surface area (Å²) in [5.74, 6) is -2.05. The van der Waals surface area contributed by atoms with Gasteiger partial charge in [0.1, 0.15) is 12.3 Å². The Morgan fingerprint density at radius 1 is 1.14 bits per heavy atom. The second-order valence-electron chi connectivity index (χ2n) is 4.36. The maximum atomic E-state index is 13.0. The molecule has 0 saturated carbocycles. The van der Waals surface area contributed by atoms with Crippen molar-refractivity contribution in [2.24, 2.45) is 0 Å². The Morgan fingerprint density at radius 2 is 2.00 bits per heavy atom. The second kappa shape index (κ2) is 5.80. The number of carbonyl (C=O) groups excluding carboxylic acids is 1. The fourth-order valence-electron chi connectivity index (χ4n) is 1.76. The average molecular weight is 305 g/mol. The molecule has 0 aliphatic heterocycles. The fraction of sp³-hybridized carbons (Fsp3) is 0.0667. The Bertz CT molecular complexity index is 796. The normalized spacial score (nSPS) is 10.6. The van der Waals surface area contributed by atoms with Crippen molar-refractivity contribution in [3.05, 3.63) is 65.6 Å². The molecule has 0 aliphatic rings. The number of hydrogen-bond acceptors (Lipinski definition) is 5. The smallest absolute Gasteiger partial charge is 0.338 e. The van der Waals surface area contributed by atoms with Gasteiger partial charge in [-0.2, -0.15) is 0 Å². The molecule has 3 rings (SSSR count). The van der Waals surface area contributed by atoms with Crippen LogP contribution in [0.1, 0.15) is 16.1 Å². The van der Waals surface area contributed by atoms with Gasteiger partial charge in [-0.3, -0.25) is 0 Å².